The van der Waals surface area contributed by atoms with Gasteiger partial charge in [0.25, 0.3) is 0 Å². The molecule has 34 heavy (non-hydrogen) atoms. The molecule has 0 N–H and O–H groups in total. The van der Waals surface area contributed by atoms with Crippen molar-refractivity contribution in [2.75, 3.05) is 0 Å². The zero-order valence-electron chi connectivity index (χ0n) is 22.6. The molecule has 0 saturated carbocycles. The van der Waals surface area contributed by atoms with Gasteiger partial charge in [0.1, 0.15) is 0 Å². The third-order valence-corrected chi connectivity index (χ3v) is 4.99. The quantitative estimate of drug-likeness (QED) is 0.180. The average molecular weight is 575 g/mol. The Balaban J connectivity index is -0.000000196. The van der Waals surface area contributed by atoms with Crippen molar-refractivity contribution in [3.8, 4) is 0 Å². The van der Waals surface area contributed by atoms with Crippen molar-refractivity contribution < 1.29 is 49.2 Å². The number of aliphatic carboxylic acids is 3. The molecule has 0 aromatic carbocycles. The smallest absolute Gasteiger partial charge is 0.550 e. The normalized spacial score (nSPS) is 10.1. The van der Waals surface area contributed by atoms with E-state index in [0.29, 0.717) is 0 Å². The van der Waals surface area contributed by atoms with Crippen LogP contribution < -0.4 is 15.3 Å². The predicted octanol–water partition coefficient (Wildman–Crippen LogP) is 4.03. The van der Waals surface area contributed by atoms with Crippen LogP contribution in [0.3, 0.4) is 0 Å². The number of unbranched alkanes of at least 4 members (excludes halogenated alkanes) is 6. The molecule has 0 aromatic heterocycles. The molecular formula is C27H51O6Rh. The van der Waals surface area contributed by atoms with Gasteiger partial charge in [-0.3, -0.25) is 0 Å². The van der Waals surface area contributed by atoms with Gasteiger partial charge in [0.05, 0.1) is 0 Å². The van der Waals surface area contributed by atoms with E-state index in [2.05, 4.69) is 41.5 Å². The van der Waals surface area contributed by atoms with E-state index in [0.717, 1.165) is 75.5 Å². The Bertz CT molecular complexity index is 397. The zero-order chi connectivity index (χ0) is 26.1. The molecule has 204 valence electrons. The van der Waals surface area contributed by atoms with Crippen LogP contribution in [0.5, 0.6) is 0 Å². The van der Waals surface area contributed by atoms with Gasteiger partial charge in [-0.1, -0.05) is 99.3 Å². The van der Waals surface area contributed by atoms with Gasteiger partial charge in [0, 0.05) is 17.9 Å². The molecule has 0 unspecified atom stereocenters. The molecule has 0 rings (SSSR count). The molecule has 0 radical (unpaired) electrons. The topological polar surface area (TPSA) is 120 Å². The van der Waals surface area contributed by atoms with Crippen molar-refractivity contribution in [3.05, 3.63) is 0 Å². The fourth-order valence-corrected chi connectivity index (χ4v) is 3.00. The SMILES string of the molecule is CC(C)CCCCCC(=O)[O-].CC(C)CCCCCC(=O)[O-].CC(C)CCCCCC(=O)[O-].[Rh+3]. The monoisotopic (exact) mass is 574 g/mol. The molecule has 0 aliphatic rings. The number of carbonyl (C=O) groups excluding carboxylic acids is 3. The molecule has 0 saturated heterocycles. The van der Waals surface area contributed by atoms with Crippen LogP contribution in [0.25, 0.3) is 0 Å². The number of carboxylic acid groups (broad SMARTS) is 3. The maximum Gasteiger partial charge on any atom is 3.00 e. The first-order chi connectivity index (χ1) is 15.4. The maximum atomic E-state index is 9.99. The fraction of sp³-hybridized carbons (Fsp3) is 0.889. The van der Waals surface area contributed by atoms with Crippen LogP contribution in [-0.2, 0) is 33.9 Å². The minimum absolute atomic E-state index is 0. The van der Waals surface area contributed by atoms with E-state index < -0.39 is 17.9 Å². The van der Waals surface area contributed by atoms with E-state index in [1.807, 2.05) is 0 Å². The van der Waals surface area contributed by atoms with E-state index in [9.17, 15) is 29.7 Å². The standard InChI is InChI=1S/3C9H18O2.Rh/c3*1-8(2)6-4-3-5-7-9(10)11;/h3*8H,3-7H2,1-2H3,(H,10,11);/q;;;+3/p-3. The van der Waals surface area contributed by atoms with Gasteiger partial charge in [-0.05, 0) is 56.3 Å². The summed E-state index contributed by atoms with van der Waals surface area (Å²) in [5, 5.41) is 30.0. The third-order valence-electron chi connectivity index (χ3n) is 4.99. The van der Waals surface area contributed by atoms with E-state index >= 15 is 0 Å². The van der Waals surface area contributed by atoms with Crippen LogP contribution in [0.15, 0.2) is 0 Å². The second kappa shape index (κ2) is 30.1. The second-order valence-corrected chi connectivity index (χ2v) is 10.1. The summed E-state index contributed by atoms with van der Waals surface area (Å²) in [6.45, 7) is 13.1. The molecule has 0 bridgehead atoms. The van der Waals surface area contributed by atoms with Crippen LogP contribution in [0.2, 0.25) is 0 Å². The summed E-state index contributed by atoms with van der Waals surface area (Å²) < 4.78 is 0. The van der Waals surface area contributed by atoms with Crippen molar-refractivity contribution in [1.29, 1.82) is 0 Å². The Hall–Kier alpha value is -0.967. The fourth-order valence-electron chi connectivity index (χ4n) is 3.00. The molecule has 0 fully saturated rings. The predicted molar refractivity (Wildman–Crippen MR) is 129 cm³/mol. The maximum absolute atomic E-state index is 9.99. The number of hydrogen-bond acceptors (Lipinski definition) is 6. The van der Waals surface area contributed by atoms with Crippen molar-refractivity contribution in [3.63, 3.8) is 0 Å². The Labute approximate surface area is 222 Å². The summed E-state index contributed by atoms with van der Waals surface area (Å²) in [7, 11) is 0. The van der Waals surface area contributed by atoms with Crippen LogP contribution in [0.4, 0.5) is 0 Å². The molecule has 0 heterocycles. The first kappa shape index (κ1) is 40.2. The average Bonchev–Trinajstić information content (AvgIpc) is 2.67. The van der Waals surface area contributed by atoms with E-state index in [1.54, 1.807) is 0 Å². The Kier molecular flexibility index (Phi) is 35.6. The van der Waals surface area contributed by atoms with Crippen LogP contribution in [0.1, 0.15) is 138 Å². The largest absolute Gasteiger partial charge is 3.00 e. The van der Waals surface area contributed by atoms with Gasteiger partial charge in [0.15, 0.2) is 0 Å². The van der Waals surface area contributed by atoms with E-state index in [1.165, 1.54) is 19.3 Å². The van der Waals surface area contributed by atoms with Gasteiger partial charge >= 0.3 is 19.5 Å². The summed E-state index contributed by atoms with van der Waals surface area (Å²) in [5.74, 6) is -0.562. The molecule has 0 aromatic rings. The molecular weight excluding hydrogens is 523 g/mol. The van der Waals surface area contributed by atoms with Gasteiger partial charge in [-0.15, -0.1) is 0 Å². The summed E-state index contributed by atoms with van der Waals surface area (Å²) >= 11 is 0. The summed E-state index contributed by atoms with van der Waals surface area (Å²) in [6.07, 6.45) is 13.1. The molecule has 0 aliphatic heterocycles. The van der Waals surface area contributed by atoms with Gasteiger partial charge in [-0.2, -0.15) is 0 Å². The van der Waals surface area contributed by atoms with Gasteiger partial charge in [-0.25, -0.2) is 0 Å². The molecule has 0 spiro atoms. The minimum Gasteiger partial charge on any atom is -0.550 e. The third kappa shape index (κ3) is 52.8. The number of carboxylic acids is 3. The minimum atomic E-state index is -0.922. The summed E-state index contributed by atoms with van der Waals surface area (Å²) in [4.78, 5) is 30.0. The second-order valence-electron chi connectivity index (χ2n) is 10.1. The molecule has 7 heteroatoms. The van der Waals surface area contributed by atoms with E-state index in [4.69, 9.17) is 0 Å². The van der Waals surface area contributed by atoms with Gasteiger partial charge in [0.2, 0.25) is 0 Å². The number of carbonyl (C=O) groups is 3. The van der Waals surface area contributed by atoms with Crippen molar-refractivity contribution in [2.45, 2.75) is 138 Å². The van der Waals surface area contributed by atoms with Crippen LogP contribution in [-0.4, -0.2) is 17.9 Å². The first-order valence-corrected chi connectivity index (χ1v) is 13.0. The number of hydrogen-bond donors (Lipinski definition) is 0. The Morgan fingerprint density at radius 1 is 0.441 bits per heavy atom. The van der Waals surface area contributed by atoms with Crippen molar-refractivity contribution in [1.82, 2.24) is 0 Å². The van der Waals surface area contributed by atoms with Crippen molar-refractivity contribution in [2.24, 2.45) is 17.8 Å². The Morgan fingerprint density at radius 2 is 0.647 bits per heavy atom. The summed E-state index contributed by atoms with van der Waals surface area (Å²) in [6, 6.07) is 0. The number of rotatable bonds is 18. The zero-order valence-corrected chi connectivity index (χ0v) is 24.3. The van der Waals surface area contributed by atoms with Crippen LogP contribution >= 0.6 is 0 Å². The summed E-state index contributed by atoms with van der Waals surface area (Å²) in [5.41, 5.74) is 0. The molecule has 0 atom stereocenters. The molecule has 0 amide bonds. The van der Waals surface area contributed by atoms with Gasteiger partial charge < -0.3 is 29.7 Å². The van der Waals surface area contributed by atoms with Crippen molar-refractivity contribution >= 4 is 17.9 Å². The van der Waals surface area contributed by atoms with Crippen LogP contribution in [0, 0.1) is 17.8 Å². The Morgan fingerprint density at radius 3 is 0.794 bits per heavy atom. The first-order valence-electron chi connectivity index (χ1n) is 13.0. The molecule has 6 nitrogen and oxygen atoms in total. The molecule has 0 aliphatic carbocycles. The van der Waals surface area contributed by atoms with E-state index in [-0.39, 0.29) is 38.7 Å².